The van der Waals surface area contributed by atoms with E-state index in [9.17, 15) is 9.59 Å². The van der Waals surface area contributed by atoms with E-state index in [0.717, 1.165) is 11.3 Å². The monoisotopic (exact) mass is 285 g/mol. The molecule has 1 aromatic heterocycles. The van der Waals surface area contributed by atoms with Gasteiger partial charge in [0, 0.05) is 25.4 Å². The number of aromatic nitrogens is 2. The zero-order chi connectivity index (χ0) is 14.3. The van der Waals surface area contributed by atoms with Crippen LogP contribution < -0.4 is 11.1 Å². The van der Waals surface area contributed by atoms with Crippen molar-refractivity contribution in [2.45, 2.75) is 19.0 Å². The van der Waals surface area contributed by atoms with Crippen LogP contribution in [0.15, 0.2) is 12.4 Å². The van der Waals surface area contributed by atoms with Gasteiger partial charge in [0.05, 0.1) is 6.20 Å². The number of H-pyrrole nitrogens is 1. The maximum Gasteiger partial charge on any atom is 0.312 e. The number of amides is 3. The topological polar surface area (TPSA) is 104 Å². The Morgan fingerprint density at radius 3 is 2.89 bits per heavy atom. The molecule has 1 heterocycles. The highest BCUT2D eigenvalue weighted by molar-refractivity contribution is 7.98. The van der Waals surface area contributed by atoms with E-state index in [4.69, 9.17) is 5.73 Å². The molecule has 8 heteroatoms. The molecular formula is C11H19N5O2S. The van der Waals surface area contributed by atoms with Crippen molar-refractivity contribution in [2.24, 2.45) is 5.73 Å². The number of likely N-dealkylation sites (N-methyl/N-ethyl adjacent to an activating group) is 1. The number of urea groups is 1. The van der Waals surface area contributed by atoms with Crippen molar-refractivity contribution < 1.29 is 9.59 Å². The number of hydrogen-bond acceptors (Lipinski definition) is 4. The van der Waals surface area contributed by atoms with Crippen LogP contribution in [0, 0.1) is 0 Å². The van der Waals surface area contributed by atoms with Gasteiger partial charge in [0.2, 0.25) is 5.91 Å². The summed E-state index contributed by atoms with van der Waals surface area (Å²) in [6.45, 7) is 0.436. The fourth-order valence-corrected chi connectivity index (χ4v) is 2.12. The lowest BCUT2D eigenvalue weighted by atomic mass is 10.2. The van der Waals surface area contributed by atoms with E-state index in [1.807, 2.05) is 6.26 Å². The van der Waals surface area contributed by atoms with Crippen LogP contribution in [0.1, 0.15) is 12.0 Å². The average Bonchev–Trinajstić information content (AvgIpc) is 2.85. The summed E-state index contributed by atoms with van der Waals surface area (Å²) >= 11 is 1.61. The summed E-state index contributed by atoms with van der Waals surface area (Å²) in [5.74, 6) is 0.616. The minimum Gasteiger partial charge on any atom is -0.352 e. The van der Waals surface area contributed by atoms with Crippen molar-refractivity contribution in [3.05, 3.63) is 18.0 Å². The standard InChI is InChI=1S/C11H19N5O2S/c1-16(7-8-5-13-14-6-8)10(17)9(3-4-19-2)15-11(12)18/h5-6,9H,3-4,7H2,1-2H3,(H,13,14)(H3,12,15,18). The number of primary amides is 1. The molecule has 19 heavy (non-hydrogen) atoms. The van der Waals surface area contributed by atoms with Crippen LogP contribution in [-0.2, 0) is 11.3 Å². The molecule has 0 bridgehead atoms. The highest BCUT2D eigenvalue weighted by Gasteiger charge is 2.22. The molecule has 0 aliphatic carbocycles. The predicted octanol–water partition coefficient (Wildman–Crippen LogP) is 0.158. The molecule has 0 aliphatic rings. The molecule has 0 aromatic carbocycles. The van der Waals surface area contributed by atoms with Crippen LogP contribution in [-0.4, -0.2) is 52.1 Å². The Bertz CT molecular complexity index is 409. The summed E-state index contributed by atoms with van der Waals surface area (Å²) in [5.41, 5.74) is 6.00. The molecule has 0 saturated heterocycles. The summed E-state index contributed by atoms with van der Waals surface area (Å²) in [6, 6.07) is -1.27. The first-order valence-electron chi connectivity index (χ1n) is 5.82. The Morgan fingerprint density at radius 2 is 2.37 bits per heavy atom. The molecule has 7 nitrogen and oxygen atoms in total. The van der Waals surface area contributed by atoms with E-state index in [-0.39, 0.29) is 5.91 Å². The number of hydrogen-bond donors (Lipinski definition) is 3. The van der Waals surface area contributed by atoms with Crippen molar-refractivity contribution in [3.63, 3.8) is 0 Å². The minimum absolute atomic E-state index is 0.158. The molecule has 0 saturated carbocycles. The second-order valence-electron chi connectivity index (χ2n) is 4.14. The molecule has 3 amide bonds. The summed E-state index contributed by atoms with van der Waals surface area (Å²) in [6.07, 6.45) is 5.88. The van der Waals surface area contributed by atoms with Gasteiger partial charge in [-0.3, -0.25) is 9.89 Å². The second kappa shape index (κ2) is 7.67. The van der Waals surface area contributed by atoms with Gasteiger partial charge in [0.25, 0.3) is 0 Å². The number of nitrogens with zero attached hydrogens (tertiary/aromatic N) is 2. The molecule has 0 radical (unpaired) electrons. The molecule has 0 fully saturated rings. The number of carbonyl (C=O) groups excluding carboxylic acids is 2. The summed E-state index contributed by atoms with van der Waals surface area (Å²) in [4.78, 5) is 24.7. The molecular weight excluding hydrogens is 266 g/mol. The fraction of sp³-hybridized carbons (Fsp3) is 0.545. The Morgan fingerprint density at radius 1 is 1.63 bits per heavy atom. The van der Waals surface area contributed by atoms with Gasteiger partial charge in [-0.05, 0) is 18.4 Å². The van der Waals surface area contributed by atoms with Crippen LogP contribution in [0.5, 0.6) is 0 Å². The third-order valence-electron chi connectivity index (χ3n) is 2.58. The molecule has 1 rings (SSSR count). The fourth-order valence-electron chi connectivity index (χ4n) is 1.65. The van der Waals surface area contributed by atoms with E-state index in [0.29, 0.717) is 13.0 Å². The number of carbonyl (C=O) groups is 2. The van der Waals surface area contributed by atoms with Gasteiger partial charge in [-0.2, -0.15) is 16.9 Å². The molecule has 1 unspecified atom stereocenters. The molecule has 1 atom stereocenters. The number of aromatic amines is 1. The number of rotatable bonds is 7. The molecule has 0 spiro atoms. The molecule has 4 N–H and O–H groups in total. The van der Waals surface area contributed by atoms with E-state index < -0.39 is 12.1 Å². The first kappa shape index (κ1) is 15.4. The normalized spacial score (nSPS) is 11.9. The van der Waals surface area contributed by atoms with Crippen molar-refractivity contribution in [3.8, 4) is 0 Å². The zero-order valence-electron chi connectivity index (χ0n) is 11.0. The van der Waals surface area contributed by atoms with Gasteiger partial charge in [0.15, 0.2) is 0 Å². The molecule has 0 aliphatic heterocycles. The molecule has 1 aromatic rings. The van der Waals surface area contributed by atoms with Gasteiger partial charge in [-0.1, -0.05) is 0 Å². The quantitative estimate of drug-likeness (QED) is 0.663. The van der Waals surface area contributed by atoms with Crippen LogP contribution in [0.3, 0.4) is 0 Å². The van der Waals surface area contributed by atoms with Gasteiger partial charge in [-0.15, -0.1) is 0 Å². The minimum atomic E-state index is -0.684. The van der Waals surface area contributed by atoms with Gasteiger partial charge < -0.3 is 16.0 Å². The van der Waals surface area contributed by atoms with E-state index in [1.165, 1.54) is 0 Å². The van der Waals surface area contributed by atoms with Gasteiger partial charge in [-0.25, -0.2) is 4.79 Å². The number of nitrogens with one attached hydrogen (secondary N) is 2. The first-order chi connectivity index (χ1) is 9.04. The Balaban J connectivity index is 2.60. The van der Waals surface area contributed by atoms with E-state index in [2.05, 4.69) is 15.5 Å². The summed E-state index contributed by atoms with van der Waals surface area (Å²) in [7, 11) is 1.68. The second-order valence-corrected chi connectivity index (χ2v) is 5.13. The number of nitrogens with two attached hydrogens (primary N) is 1. The highest BCUT2D eigenvalue weighted by Crippen LogP contribution is 2.07. The third-order valence-corrected chi connectivity index (χ3v) is 3.22. The molecule has 106 valence electrons. The van der Waals surface area contributed by atoms with Crippen LogP contribution >= 0.6 is 11.8 Å². The van der Waals surface area contributed by atoms with Crippen molar-refractivity contribution in [1.82, 2.24) is 20.4 Å². The lowest BCUT2D eigenvalue weighted by Gasteiger charge is -2.23. The first-order valence-corrected chi connectivity index (χ1v) is 7.21. The maximum absolute atomic E-state index is 12.2. The van der Waals surface area contributed by atoms with Crippen molar-refractivity contribution >= 4 is 23.7 Å². The van der Waals surface area contributed by atoms with Gasteiger partial charge >= 0.3 is 6.03 Å². The van der Waals surface area contributed by atoms with Crippen LogP contribution in [0.2, 0.25) is 0 Å². The van der Waals surface area contributed by atoms with Crippen LogP contribution in [0.4, 0.5) is 4.79 Å². The van der Waals surface area contributed by atoms with E-state index in [1.54, 1.807) is 36.1 Å². The number of thioether (sulfide) groups is 1. The highest BCUT2D eigenvalue weighted by atomic mass is 32.2. The van der Waals surface area contributed by atoms with Crippen molar-refractivity contribution in [1.29, 1.82) is 0 Å². The maximum atomic E-state index is 12.2. The Labute approximate surface area is 116 Å². The Hall–Kier alpha value is -1.70. The Kier molecular flexibility index (Phi) is 6.20. The predicted molar refractivity (Wildman–Crippen MR) is 74.6 cm³/mol. The van der Waals surface area contributed by atoms with Gasteiger partial charge in [0.1, 0.15) is 6.04 Å². The smallest absolute Gasteiger partial charge is 0.312 e. The lowest BCUT2D eigenvalue weighted by Crippen LogP contribution is -2.49. The summed E-state index contributed by atoms with van der Waals surface area (Å²) in [5, 5.41) is 9.00. The average molecular weight is 285 g/mol. The lowest BCUT2D eigenvalue weighted by molar-refractivity contribution is -0.132. The zero-order valence-corrected chi connectivity index (χ0v) is 11.9. The van der Waals surface area contributed by atoms with Crippen LogP contribution in [0.25, 0.3) is 0 Å². The summed E-state index contributed by atoms with van der Waals surface area (Å²) < 4.78 is 0. The van der Waals surface area contributed by atoms with E-state index >= 15 is 0 Å². The SMILES string of the molecule is CSCCC(NC(N)=O)C(=O)N(C)Cc1cn[nH]c1. The third kappa shape index (κ3) is 5.21. The van der Waals surface area contributed by atoms with Crippen molar-refractivity contribution in [2.75, 3.05) is 19.1 Å². The largest absolute Gasteiger partial charge is 0.352 e.